The van der Waals surface area contributed by atoms with Gasteiger partial charge < -0.3 is 14.4 Å². The van der Waals surface area contributed by atoms with Crippen LogP contribution in [0.2, 0.25) is 0 Å². The van der Waals surface area contributed by atoms with E-state index in [-0.39, 0.29) is 5.91 Å². The highest BCUT2D eigenvalue weighted by Gasteiger charge is 2.18. The fourth-order valence-electron chi connectivity index (χ4n) is 1.88. The summed E-state index contributed by atoms with van der Waals surface area (Å²) in [6, 6.07) is 3.52. The molecule has 0 aliphatic heterocycles. The Kier molecular flexibility index (Phi) is 6.85. The lowest BCUT2D eigenvalue weighted by Crippen LogP contribution is -2.30. The number of rotatable bonds is 7. The molecule has 0 N–H and O–H groups in total. The molecule has 20 heavy (non-hydrogen) atoms. The Hall–Kier alpha value is -1.23. The molecule has 0 aliphatic rings. The molecule has 0 spiro atoms. The lowest BCUT2D eigenvalue weighted by Gasteiger charge is -2.20. The van der Waals surface area contributed by atoms with E-state index in [0.717, 1.165) is 10.9 Å². The van der Waals surface area contributed by atoms with Crippen molar-refractivity contribution < 1.29 is 14.3 Å². The first-order chi connectivity index (χ1) is 9.58. The van der Waals surface area contributed by atoms with Crippen LogP contribution in [0, 0.1) is 0 Å². The second-order valence-electron chi connectivity index (χ2n) is 4.32. The molecular weight excluding hydrogens is 322 g/mol. The molecule has 0 saturated carbocycles. The minimum Gasteiger partial charge on any atom is -0.493 e. The van der Waals surface area contributed by atoms with Gasteiger partial charge in [0.05, 0.1) is 18.2 Å². The Morgan fingerprint density at radius 1 is 1.25 bits per heavy atom. The van der Waals surface area contributed by atoms with Crippen LogP contribution in [0.4, 0.5) is 0 Å². The highest BCUT2D eigenvalue weighted by Crippen LogP contribution is 2.37. The SMILES string of the molecule is CCCOc1c(Br)cc(C(=O)N(CC)CC)cc1OC. The van der Waals surface area contributed by atoms with Crippen molar-refractivity contribution in [1.29, 1.82) is 0 Å². The van der Waals surface area contributed by atoms with E-state index >= 15 is 0 Å². The van der Waals surface area contributed by atoms with Gasteiger partial charge in [0, 0.05) is 18.7 Å². The molecule has 0 aromatic heterocycles. The molecule has 1 aromatic carbocycles. The zero-order chi connectivity index (χ0) is 15.1. The molecule has 0 heterocycles. The first-order valence-electron chi connectivity index (χ1n) is 6.88. The van der Waals surface area contributed by atoms with Crippen molar-refractivity contribution in [3.63, 3.8) is 0 Å². The fourth-order valence-corrected chi connectivity index (χ4v) is 2.44. The minimum atomic E-state index is -0.00367. The molecule has 0 saturated heterocycles. The van der Waals surface area contributed by atoms with Crippen LogP contribution in [0.25, 0.3) is 0 Å². The number of carbonyl (C=O) groups is 1. The maximum atomic E-state index is 12.4. The second kappa shape index (κ2) is 8.15. The van der Waals surface area contributed by atoms with Crippen molar-refractivity contribution in [2.24, 2.45) is 0 Å². The summed E-state index contributed by atoms with van der Waals surface area (Å²) in [4.78, 5) is 14.1. The van der Waals surface area contributed by atoms with Crippen LogP contribution in [-0.4, -0.2) is 37.6 Å². The van der Waals surface area contributed by atoms with Gasteiger partial charge in [-0.05, 0) is 48.3 Å². The lowest BCUT2D eigenvalue weighted by atomic mass is 10.1. The molecule has 1 aromatic rings. The van der Waals surface area contributed by atoms with E-state index in [0.29, 0.717) is 36.8 Å². The number of carbonyl (C=O) groups excluding carboxylic acids is 1. The zero-order valence-electron chi connectivity index (χ0n) is 12.5. The number of ether oxygens (including phenoxy) is 2. The average Bonchev–Trinajstić information content (AvgIpc) is 2.46. The molecule has 1 rings (SSSR count). The lowest BCUT2D eigenvalue weighted by molar-refractivity contribution is 0.0772. The third-order valence-corrected chi connectivity index (χ3v) is 3.57. The standard InChI is InChI=1S/C15H22BrNO3/c1-5-8-20-14-12(16)9-11(10-13(14)19-4)15(18)17(6-2)7-3/h9-10H,5-8H2,1-4H3. The fraction of sp³-hybridized carbons (Fsp3) is 0.533. The average molecular weight is 344 g/mol. The smallest absolute Gasteiger partial charge is 0.254 e. The van der Waals surface area contributed by atoms with Crippen molar-refractivity contribution in [2.75, 3.05) is 26.8 Å². The summed E-state index contributed by atoms with van der Waals surface area (Å²) in [5.41, 5.74) is 0.598. The van der Waals surface area contributed by atoms with Gasteiger partial charge in [0.1, 0.15) is 0 Å². The molecule has 1 amide bonds. The van der Waals surface area contributed by atoms with Crippen LogP contribution in [0.1, 0.15) is 37.6 Å². The van der Waals surface area contributed by atoms with E-state index in [2.05, 4.69) is 15.9 Å². The highest BCUT2D eigenvalue weighted by atomic mass is 79.9. The Morgan fingerprint density at radius 3 is 2.40 bits per heavy atom. The number of halogens is 1. The first-order valence-corrected chi connectivity index (χ1v) is 7.67. The summed E-state index contributed by atoms with van der Waals surface area (Å²) >= 11 is 3.45. The van der Waals surface area contributed by atoms with Crippen LogP contribution in [0.5, 0.6) is 11.5 Å². The number of benzene rings is 1. The third-order valence-electron chi connectivity index (χ3n) is 2.98. The molecule has 0 unspecified atom stereocenters. The van der Waals surface area contributed by atoms with E-state index in [1.807, 2.05) is 20.8 Å². The van der Waals surface area contributed by atoms with Gasteiger partial charge in [0.25, 0.3) is 5.91 Å². The van der Waals surface area contributed by atoms with Crippen molar-refractivity contribution >= 4 is 21.8 Å². The summed E-state index contributed by atoms with van der Waals surface area (Å²) in [5, 5.41) is 0. The maximum absolute atomic E-state index is 12.4. The van der Waals surface area contributed by atoms with Gasteiger partial charge in [-0.15, -0.1) is 0 Å². The van der Waals surface area contributed by atoms with Gasteiger partial charge in [-0.1, -0.05) is 6.92 Å². The van der Waals surface area contributed by atoms with Crippen molar-refractivity contribution in [2.45, 2.75) is 27.2 Å². The minimum absolute atomic E-state index is 0.00367. The normalized spacial score (nSPS) is 10.2. The van der Waals surface area contributed by atoms with Gasteiger partial charge in [-0.3, -0.25) is 4.79 Å². The molecule has 112 valence electrons. The van der Waals surface area contributed by atoms with Gasteiger partial charge in [-0.25, -0.2) is 0 Å². The zero-order valence-corrected chi connectivity index (χ0v) is 14.1. The second-order valence-corrected chi connectivity index (χ2v) is 5.17. The van der Waals surface area contributed by atoms with Crippen LogP contribution in [0.15, 0.2) is 16.6 Å². The topological polar surface area (TPSA) is 38.8 Å². The maximum Gasteiger partial charge on any atom is 0.254 e. The Labute approximate surface area is 129 Å². The molecule has 0 bridgehead atoms. The van der Waals surface area contributed by atoms with Gasteiger partial charge >= 0.3 is 0 Å². The molecule has 4 nitrogen and oxygen atoms in total. The molecule has 0 atom stereocenters. The van der Waals surface area contributed by atoms with E-state index in [1.165, 1.54) is 0 Å². The highest BCUT2D eigenvalue weighted by molar-refractivity contribution is 9.10. The predicted molar refractivity (Wildman–Crippen MR) is 83.7 cm³/mol. The molecule has 0 aliphatic carbocycles. The van der Waals surface area contributed by atoms with Gasteiger partial charge in [0.15, 0.2) is 11.5 Å². The first kappa shape index (κ1) is 16.8. The number of hydrogen-bond donors (Lipinski definition) is 0. The van der Waals surface area contributed by atoms with Crippen molar-refractivity contribution in [1.82, 2.24) is 4.90 Å². The number of hydrogen-bond acceptors (Lipinski definition) is 3. The number of methoxy groups -OCH3 is 1. The van der Waals surface area contributed by atoms with Crippen LogP contribution >= 0.6 is 15.9 Å². The molecule has 5 heteroatoms. The van der Waals surface area contributed by atoms with Crippen LogP contribution in [-0.2, 0) is 0 Å². The Balaban J connectivity index is 3.12. The van der Waals surface area contributed by atoms with E-state index in [1.54, 1.807) is 24.1 Å². The van der Waals surface area contributed by atoms with Gasteiger partial charge in [-0.2, -0.15) is 0 Å². The Morgan fingerprint density at radius 2 is 1.90 bits per heavy atom. The number of amides is 1. The van der Waals surface area contributed by atoms with Crippen LogP contribution < -0.4 is 9.47 Å². The largest absolute Gasteiger partial charge is 0.493 e. The molecular formula is C15H22BrNO3. The Bertz CT molecular complexity index is 459. The quantitative estimate of drug-likeness (QED) is 0.757. The van der Waals surface area contributed by atoms with E-state index < -0.39 is 0 Å². The van der Waals surface area contributed by atoms with Crippen LogP contribution in [0.3, 0.4) is 0 Å². The van der Waals surface area contributed by atoms with Gasteiger partial charge in [0.2, 0.25) is 0 Å². The monoisotopic (exact) mass is 343 g/mol. The number of nitrogens with zero attached hydrogens (tertiary/aromatic N) is 1. The van der Waals surface area contributed by atoms with Crippen molar-refractivity contribution in [3.8, 4) is 11.5 Å². The molecule has 0 radical (unpaired) electrons. The molecule has 0 fully saturated rings. The van der Waals surface area contributed by atoms with E-state index in [9.17, 15) is 4.79 Å². The summed E-state index contributed by atoms with van der Waals surface area (Å²) < 4.78 is 11.7. The predicted octanol–water partition coefficient (Wildman–Crippen LogP) is 3.73. The van der Waals surface area contributed by atoms with E-state index in [4.69, 9.17) is 9.47 Å². The summed E-state index contributed by atoms with van der Waals surface area (Å²) in [6.07, 6.45) is 0.912. The van der Waals surface area contributed by atoms with Crippen molar-refractivity contribution in [3.05, 3.63) is 22.2 Å². The summed E-state index contributed by atoms with van der Waals surface area (Å²) in [5.74, 6) is 1.21. The third kappa shape index (κ3) is 3.88. The summed E-state index contributed by atoms with van der Waals surface area (Å²) in [6.45, 7) is 7.95. The summed E-state index contributed by atoms with van der Waals surface area (Å²) in [7, 11) is 1.58.